The molecular weight excluding hydrogens is 214 g/mol. The van der Waals surface area contributed by atoms with Gasteiger partial charge < -0.3 is 16.0 Å². The van der Waals surface area contributed by atoms with Gasteiger partial charge in [-0.2, -0.15) is 5.10 Å². The van der Waals surface area contributed by atoms with E-state index in [-0.39, 0.29) is 5.41 Å². The molecule has 0 aliphatic carbocycles. The van der Waals surface area contributed by atoms with Gasteiger partial charge in [0.15, 0.2) is 5.82 Å². The Morgan fingerprint density at radius 3 is 2.71 bits per heavy atom. The third-order valence-corrected chi connectivity index (χ3v) is 2.35. The zero-order chi connectivity index (χ0) is 12.9. The highest BCUT2D eigenvalue weighted by Gasteiger charge is 2.10. The first-order valence-corrected chi connectivity index (χ1v) is 5.90. The number of likely N-dealkylation sites (N-methyl/N-ethyl adjacent to an activating group) is 1. The second kappa shape index (κ2) is 5.82. The average Bonchev–Trinajstić information content (AvgIpc) is 2.26. The second-order valence-electron chi connectivity index (χ2n) is 5.42. The molecule has 1 aromatic rings. The Balaban J connectivity index is 2.66. The molecule has 3 N–H and O–H groups in total. The van der Waals surface area contributed by atoms with E-state index in [1.54, 1.807) is 6.20 Å². The van der Waals surface area contributed by atoms with Crippen LogP contribution in [0.3, 0.4) is 0 Å². The molecule has 96 valence electrons. The second-order valence-corrected chi connectivity index (χ2v) is 5.42. The summed E-state index contributed by atoms with van der Waals surface area (Å²) in [7, 11) is 2.00. The first-order chi connectivity index (χ1) is 7.92. The van der Waals surface area contributed by atoms with Crippen LogP contribution in [0.5, 0.6) is 0 Å². The van der Waals surface area contributed by atoms with Gasteiger partial charge in [0.25, 0.3) is 0 Å². The van der Waals surface area contributed by atoms with Gasteiger partial charge in [0, 0.05) is 32.7 Å². The predicted octanol–water partition coefficient (Wildman–Crippen LogP) is 1.33. The Bertz CT molecular complexity index is 345. The Labute approximate surface area is 103 Å². The molecule has 0 unspecified atom stereocenters. The molecule has 0 saturated heterocycles. The summed E-state index contributed by atoms with van der Waals surface area (Å²) in [5, 5.41) is 11.4. The lowest BCUT2D eigenvalue weighted by Gasteiger charge is -2.21. The van der Waals surface area contributed by atoms with E-state index in [0.717, 1.165) is 24.6 Å². The summed E-state index contributed by atoms with van der Waals surface area (Å²) in [5.74, 6) is 0.807. The minimum atomic E-state index is 0.223. The van der Waals surface area contributed by atoms with Gasteiger partial charge in [-0.25, -0.2) is 0 Å². The van der Waals surface area contributed by atoms with Crippen LogP contribution in [-0.4, -0.2) is 36.9 Å². The first kappa shape index (κ1) is 13.7. The number of nitrogens with two attached hydrogens (primary N) is 1. The molecule has 1 rings (SSSR count). The van der Waals surface area contributed by atoms with E-state index in [1.165, 1.54) is 0 Å². The Hall–Kier alpha value is -1.36. The number of nitrogens with one attached hydrogen (secondary N) is 1. The molecule has 0 amide bonds. The van der Waals surface area contributed by atoms with Crippen molar-refractivity contribution in [2.24, 2.45) is 11.1 Å². The van der Waals surface area contributed by atoms with Crippen LogP contribution in [0, 0.1) is 5.41 Å². The number of hydrogen-bond donors (Lipinski definition) is 2. The van der Waals surface area contributed by atoms with Crippen LogP contribution in [0.25, 0.3) is 0 Å². The normalized spacial score (nSPS) is 11.4. The number of nitrogens with zero attached hydrogens (tertiary/aromatic N) is 3. The molecule has 5 nitrogen and oxygen atoms in total. The van der Waals surface area contributed by atoms with Crippen LogP contribution in [0.2, 0.25) is 0 Å². The van der Waals surface area contributed by atoms with Crippen LogP contribution in [0.15, 0.2) is 12.3 Å². The SMILES string of the molecule is CN(CCN)c1cnnc(NCC(C)(C)C)c1. The van der Waals surface area contributed by atoms with Gasteiger partial charge in [0.1, 0.15) is 0 Å². The van der Waals surface area contributed by atoms with Gasteiger partial charge in [0.2, 0.25) is 0 Å². The van der Waals surface area contributed by atoms with Crippen molar-refractivity contribution in [3.05, 3.63) is 12.3 Å². The molecule has 17 heavy (non-hydrogen) atoms. The molecular formula is C12H23N5. The lowest BCUT2D eigenvalue weighted by atomic mass is 9.97. The van der Waals surface area contributed by atoms with E-state index in [0.29, 0.717) is 6.54 Å². The van der Waals surface area contributed by atoms with Crippen LogP contribution < -0.4 is 16.0 Å². The topological polar surface area (TPSA) is 67.1 Å². The van der Waals surface area contributed by atoms with Crippen molar-refractivity contribution in [3.63, 3.8) is 0 Å². The van der Waals surface area contributed by atoms with Crippen molar-refractivity contribution >= 4 is 11.5 Å². The van der Waals surface area contributed by atoms with Gasteiger partial charge in [-0.1, -0.05) is 20.8 Å². The highest BCUT2D eigenvalue weighted by Crippen LogP contribution is 2.17. The van der Waals surface area contributed by atoms with Crippen molar-refractivity contribution in [1.82, 2.24) is 10.2 Å². The van der Waals surface area contributed by atoms with E-state index >= 15 is 0 Å². The molecule has 0 aromatic carbocycles. The molecule has 0 atom stereocenters. The highest BCUT2D eigenvalue weighted by molar-refractivity contribution is 5.51. The molecule has 0 aliphatic rings. The Kier molecular flexibility index (Phi) is 4.69. The summed E-state index contributed by atoms with van der Waals surface area (Å²) in [4.78, 5) is 2.07. The molecule has 0 radical (unpaired) electrons. The summed E-state index contributed by atoms with van der Waals surface area (Å²) in [6.07, 6.45) is 1.75. The largest absolute Gasteiger partial charge is 0.372 e. The van der Waals surface area contributed by atoms with Crippen molar-refractivity contribution in [1.29, 1.82) is 0 Å². The molecule has 0 aliphatic heterocycles. The van der Waals surface area contributed by atoms with Crippen LogP contribution in [0.4, 0.5) is 11.5 Å². The zero-order valence-electron chi connectivity index (χ0n) is 11.2. The third kappa shape index (κ3) is 4.99. The predicted molar refractivity (Wildman–Crippen MR) is 72.3 cm³/mol. The van der Waals surface area contributed by atoms with Gasteiger partial charge in [-0.05, 0) is 5.41 Å². The molecule has 0 bridgehead atoms. The summed E-state index contributed by atoms with van der Waals surface area (Å²) in [6, 6.07) is 1.99. The van der Waals surface area contributed by atoms with Gasteiger partial charge >= 0.3 is 0 Å². The molecule has 0 fully saturated rings. The maximum absolute atomic E-state index is 5.53. The van der Waals surface area contributed by atoms with Crippen molar-refractivity contribution in [2.75, 3.05) is 36.9 Å². The number of hydrogen-bond acceptors (Lipinski definition) is 5. The van der Waals surface area contributed by atoms with E-state index < -0.39 is 0 Å². The quantitative estimate of drug-likeness (QED) is 0.808. The number of rotatable bonds is 5. The van der Waals surface area contributed by atoms with Gasteiger partial charge in [0.05, 0.1) is 11.9 Å². The van der Waals surface area contributed by atoms with E-state index in [4.69, 9.17) is 5.73 Å². The summed E-state index contributed by atoms with van der Waals surface area (Å²) in [6.45, 7) is 8.84. The lowest BCUT2D eigenvalue weighted by Crippen LogP contribution is -2.25. The van der Waals surface area contributed by atoms with Gasteiger partial charge in [-0.3, -0.25) is 0 Å². The number of anilines is 2. The summed E-state index contributed by atoms with van der Waals surface area (Å²) < 4.78 is 0. The monoisotopic (exact) mass is 237 g/mol. The molecule has 1 heterocycles. The fraction of sp³-hybridized carbons (Fsp3) is 0.667. The summed E-state index contributed by atoms with van der Waals surface area (Å²) in [5.41, 5.74) is 6.78. The van der Waals surface area contributed by atoms with Crippen LogP contribution in [0.1, 0.15) is 20.8 Å². The van der Waals surface area contributed by atoms with Crippen molar-refractivity contribution < 1.29 is 0 Å². The molecule has 0 saturated carbocycles. The Morgan fingerprint density at radius 1 is 1.41 bits per heavy atom. The van der Waals surface area contributed by atoms with Crippen LogP contribution >= 0.6 is 0 Å². The van der Waals surface area contributed by atoms with Crippen LogP contribution in [-0.2, 0) is 0 Å². The average molecular weight is 237 g/mol. The smallest absolute Gasteiger partial charge is 0.150 e. The maximum atomic E-state index is 5.53. The van der Waals surface area contributed by atoms with E-state index in [9.17, 15) is 0 Å². The maximum Gasteiger partial charge on any atom is 0.150 e. The number of aromatic nitrogens is 2. The molecule has 5 heteroatoms. The Morgan fingerprint density at radius 2 is 2.12 bits per heavy atom. The van der Waals surface area contributed by atoms with E-state index in [2.05, 4.69) is 41.2 Å². The summed E-state index contributed by atoms with van der Waals surface area (Å²) >= 11 is 0. The minimum Gasteiger partial charge on any atom is -0.372 e. The minimum absolute atomic E-state index is 0.223. The van der Waals surface area contributed by atoms with Gasteiger partial charge in [-0.15, -0.1) is 5.10 Å². The fourth-order valence-electron chi connectivity index (χ4n) is 1.33. The van der Waals surface area contributed by atoms with Crippen molar-refractivity contribution in [2.45, 2.75) is 20.8 Å². The first-order valence-electron chi connectivity index (χ1n) is 5.90. The lowest BCUT2D eigenvalue weighted by molar-refractivity contribution is 0.442. The highest BCUT2D eigenvalue weighted by atomic mass is 15.2. The fourth-order valence-corrected chi connectivity index (χ4v) is 1.33. The van der Waals surface area contributed by atoms with Crippen molar-refractivity contribution in [3.8, 4) is 0 Å². The zero-order valence-corrected chi connectivity index (χ0v) is 11.2. The van der Waals surface area contributed by atoms with E-state index in [1.807, 2.05) is 13.1 Å². The third-order valence-electron chi connectivity index (χ3n) is 2.35. The standard InChI is InChI=1S/C12H23N5/c1-12(2,3)9-14-11-7-10(8-15-16-11)17(4)6-5-13/h7-8H,5-6,9,13H2,1-4H3,(H,14,16). The molecule has 1 aromatic heterocycles. The molecule has 0 spiro atoms.